The topological polar surface area (TPSA) is 77.2 Å². The molecule has 21 heavy (non-hydrogen) atoms. The normalized spacial score (nSPS) is 18.6. The molecule has 3 rings (SSSR count). The number of nitrogens with zero attached hydrogens (tertiary/aromatic N) is 3. The number of aromatic carboxylic acids is 1. The number of hydrogen-bond donors (Lipinski definition) is 1. The standard InChI is InChI=1S/C15H17N3O3/c19-15(20)13-14(11-6-2-1-3-7-11)18(17-16-13)10-12-8-4-5-9-21-12/h1-3,6-7,12H,4-5,8-10H2,(H,19,20). The van der Waals surface area contributed by atoms with Crippen LogP contribution in [0.4, 0.5) is 0 Å². The Labute approximate surface area is 122 Å². The first-order chi connectivity index (χ1) is 10.3. The van der Waals surface area contributed by atoms with Crippen LogP contribution in [0, 0.1) is 0 Å². The lowest BCUT2D eigenvalue weighted by Crippen LogP contribution is -2.25. The highest BCUT2D eigenvalue weighted by Gasteiger charge is 2.23. The summed E-state index contributed by atoms with van der Waals surface area (Å²) in [5, 5.41) is 17.1. The van der Waals surface area contributed by atoms with Crippen LogP contribution in [0.25, 0.3) is 11.3 Å². The Morgan fingerprint density at radius 2 is 2.14 bits per heavy atom. The van der Waals surface area contributed by atoms with Gasteiger partial charge in [-0.1, -0.05) is 35.5 Å². The molecule has 0 bridgehead atoms. The van der Waals surface area contributed by atoms with Crippen LogP contribution in [0.1, 0.15) is 29.8 Å². The largest absolute Gasteiger partial charge is 0.476 e. The van der Waals surface area contributed by atoms with Crippen LogP contribution in [0.5, 0.6) is 0 Å². The molecule has 2 aromatic rings. The first kappa shape index (κ1) is 13.8. The Morgan fingerprint density at radius 1 is 1.33 bits per heavy atom. The lowest BCUT2D eigenvalue weighted by Gasteiger charge is -2.22. The van der Waals surface area contributed by atoms with Gasteiger partial charge in [0.05, 0.1) is 12.6 Å². The van der Waals surface area contributed by atoms with Crippen molar-refractivity contribution in [2.24, 2.45) is 0 Å². The average Bonchev–Trinajstić information content (AvgIpc) is 2.93. The monoisotopic (exact) mass is 287 g/mol. The summed E-state index contributed by atoms with van der Waals surface area (Å²) in [4.78, 5) is 11.4. The summed E-state index contributed by atoms with van der Waals surface area (Å²) in [5.41, 5.74) is 1.32. The molecule has 2 heterocycles. The summed E-state index contributed by atoms with van der Waals surface area (Å²) >= 11 is 0. The van der Waals surface area contributed by atoms with Crippen molar-refractivity contribution >= 4 is 5.97 Å². The summed E-state index contributed by atoms with van der Waals surface area (Å²) in [6.45, 7) is 1.29. The Kier molecular flexibility index (Phi) is 3.96. The summed E-state index contributed by atoms with van der Waals surface area (Å²) in [6.07, 6.45) is 3.26. The molecule has 6 heteroatoms. The predicted octanol–water partition coefficient (Wildman–Crippen LogP) is 2.21. The maximum absolute atomic E-state index is 11.4. The van der Waals surface area contributed by atoms with Gasteiger partial charge >= 0.3 is 5.97 Å². The van der Waals surface area contributed by atoms with Gasteiger partial charge in [-0.05, 0) is 19.3 Å². The van der Waals surface area contributed by atoms with Gasteiger partial charge in [-0.2, -0.15) is 0 Å². The summed E-state index contributed by atoms with van der Waals surface area (Å²) in [6, 6.07) is 9.36. The van der Waals surface area contributed by atoms with E-state index in [0.29, 0.717) is 12.2 Å². The molecule has 110 valence electrons. The van der Waals surface area contributed by atoms with E-state index in [1.807, 2.05) is 30.3 Å². The van der Waals surface area contributed by atoms with Gasteiger partial charge in [-0.3, -0.25) is 0 Å². The zero-order valence-electron chi connectivity index (χ0n) is 11.6. The number of carboxylic acids is 1. The van der Waals surface area contributed by atoms with E-state index in [-0.39, 0.29) is 11.8 Å². The lowest BCUT2D eigenvalue weighted by molar-refractivity contribution is 0.00398. The van der Waals surface area contributed by atoms with Crippen molar-refractivity contribution in [3.63, 3.8) is 0 Å². The third kappa shape index (κ3) is 2.95. The second-order valence-electron chi connectivity index (χ2n) is 5.13. The van der Waals surface area contributed by atoms with Gasteiger partial charge in [-0.15, -0.1) is 5.10 Å². The van der Waals surface area contributed by atoms with E-state index < -0.39 is 5.97 Å². The number of carbonyl (C=O) groups is 1. The zero-order chi connectivity index (χ0) is 14.7. The molecule has 0 spiro atoms. The van der Waals surface area contributed by atoms with E-state index >= 15 is 0 Å². The van der Waals surface area contributed by atoms with Gasteiger partial charge < -0.3 is 9.84 Å². The van der Waals surface area contributed by atoms with E-state index in [1.165, 1.54) is 0 Å². The van der Waals surface area contributed by atoms with Crippen LogP contribution < -0.4 is 0 Å². The number of hydrogen-bond acceptors (Lipinski definition) is 4. The highest BCUT2D eigenvalue weighted by atomic mass is 16.5. The number of ether oxygens (including phenoxy) is 1. The molecule has 1 aliphatic rings. The van der Waals surface area contributed by atoms with Crippen LogP contribution in [0.3, 0.4) is 0 Å². The predicted molar refractivity (Wildman–Crippen MR) is 76.0 cm³/mol. The summed E-state index contributed by atoms with van der Waals surface area (Å²) in [7, 11) is 0. The van der Waals surface area contributed by atoms with Gasteiger partial charge in [0.2, 0.25) is 0 Å². The smallest absolute Gasteiger partial charge is 0.358 e. The van der Waals surface area contributed by atoms with E-state index in [0.717, 1.165) is 31.4 Å². The van der Waals surface area contributed by atoms with E-state index in [9.17, 15) is 9.90 Å². The van der Waals surface area contributed by atoms with Crippen molar-refractivity contribution in [3.8, 4) is 11.3 Å². The van der Waals surface area contributed by atoms with Crippen molar-refractivity contribution in [1.29, 1.82) is 0 Å². The molecular weight excluding hydrogens is 270 g/mol. The van der Waals surface area contributed by atoms with Crippen molar-refractivity contribution in [3.05, 3.63) is 36.0 Å². The minimum atomic E-state index is -1.07. The third-order valence-corrected chi connectivity index (χ3v) is 3.64. The van der Waals surface area contributed by atoms with Crippen molar-refractivity contribution in [2.45, 2.75) is 31.9 Å². The SMILES string of the molecule is O=C(O)c1nnn(CC2CCCCO2)c1-c1ccccc1. The maximum Gasteiger partial charge on any atom is 0.358 e. The number of rotatable bonds is 4. The van der Waals surface area contributed by atoms with Gasteiger partial charge in [-0.25, -0.2) is 9.48 Å². The summed E-state index contributed by atoms with van der Waals surface area (Å²) < 4.78 is 7.35. The molecule has 1 aromatic carbocycles. The van der Waals surface area contributed by atoms with Crippen LogP contribution in [-0.4, -0.2) is 38.8 Å². The zero-order valence-corrected chi connectivity index (χ0v) is 11.6. The minimum absolute atomic E-state index is 0.0167. The Morgan fingerprint density at radius 3 is 2.81 bits per heavy atom. The molecule has 0 aliphatic carbocycles. The van der Waals surface area contributed by atoms with Crippen molar-refractivity contribution < 1.29 is 14.6 Å². The fourth-order valence-corrected chi connectivity index (χ4v) is 2.61. The van der Waals surface area contributed by atoms with Crippen molar-refractivity contribution in [1.82, 2.24) is 15.0 Å². The third-order valence-electron chi connectivity index (χ3n) is 3.64. The maximum atomic E-state index is 11.4. The molecule has 1 unspecified atom stereocenters. The van der Waals surface area contributed by atoms with Gasteiger partial charge in [0, 0.05) is 12.2 Å². The van der Waals surface area contributed by atoms with Crippen LogP contribution in [-0.2, 0) is 11.3 Å². The van der Waals surface area contributed by atoms with Gasteiger partial charge in [0.25, 0.3) is 0 Å². The molecular formula is C15H17N3O3. The molecule has 1 atom stereocenters. The molecule has 1 saturated heterocycles. The molecule has 1 fully saturated rings. The van der Waals surface area contributed by atoms with E-state index in [4.69, 9.17) is 4.74 Å². The Bertz CT molecular complexity index is 618. The second-order valence-corrected chi connectivity index (χ2v) is 5.13. The van der Waals surface area contributed by atoms with Gasteiger partial charge in [0.15, 0.2) is 5.69 Å². The van der Waals surface area contributed by atoms with E-state index in [1.54, 1.807) is 4.68 Å². The van der Waals surface area contributed by atoms with Crippen LogP contribution in [0.2, 0.25) is 0 Å². The molecule has 0 radical (unpaired) electrons. The van der Waals surface area contributed by atoms with Crippen LogP contribution >= 0.6 is 0 Å². The summed E-state index contributed by atoms with van der Waals surface area (Å²) in [5.74, 6) is -1.07. The average molecular weight is 287 g/mol. The first-order valence-corrected chi connectivity index (χ1v) is 7.09. The highest BCUT2D eigenvalue weighted by Crippen LogP contribution is 2.24. The Hall–Kier alpha value is -2.21. The molecule has 1 N–H and O–H groups in total. The van der Waals surface area contributed by atoms with Crippen LogP contribution in [0.15, 0.2) is 30.3 Å². The number of aromatic nitrogens is 3. The molecule has 1 aliphatic heterocycles. The quantitative estimate of drug-likeness (QED) is 0.933. The lowest BCUT2D eigenvalue weighted by atomic mass is 10.1. The fourth-order valence-electron chi connectivity index (χ4n) is 2.61. The number of carboxylic acid groups (broad SMARTS) is 1. The van der Waals surface area contributed by atoms with E-state index in [2.05, 4.69) is 10.3 Å². The fraction of sp³-hybridized carbons (Fsp3) is 0.400. The van der Waals surface area contributed by atoms with Crippen molar-refractivity contribution in [2.75, 3.05) is 6.61 Å². The molecule has 0 amide bonds. The molecule has 1 aromatic heterocycles. The molecule has 6 nitrogen and oxygen atoms in total. The second kappa shape index (κ2) is 6.05. The minimum Gasteiger partial charge on any atom is -0.476 e. The highest BCUT2D eigenvalue weighted by molar-refractivity contribution is 5.92. The van der Waals surface area contributed by atoms with Gasteiger partial charge in [0.1, 0.15) is 5.69 Å². The molecule has 0 saturated carbocycles. The first-order valence-electron chi connectivity index (χ1n) is 7.09. The number of benzene rings is 1. The Balaban J connectivity index is 1.95.